The third kappa shape index (κ3) is 5.65. The molecule has 3 nitrogen and oxygen atoms in total. The van der Waals surface area contributed by atoms with Crippen LogP contribution in [0.4, 0.5) is 0 Å². The van der Waals surface area contributed by atoms with E-state index in [1.165, 1.54) is 6.08 Å². The number of esters is 1. The Labute approximate surface area is 72.4 Å². The molecule has 0 heterocycles. The summed E-state index contributed by atoms with van der Waals surface area (Å²) in [6.45, 7) is 5.40. The Kier molecular flexibility index (Phi) is 5.97. The van der Waals surface area contributed by atoms with E-state index in [0.717, 1.165) is 0 Å². The third-order valence-corrected chi connectivity index (χ3v) is 1.36. The summed E-state index contributed by atoms with van der Waals surface area (Å²) in [6, 6.07) is 0. The van der Waals surface area contributed by atoms with Crippen molar-refractivity contribution in [1.29, 1.82) is 0 Å². The second-order valence-corrected chi connectivity index (χ2v) is 2.36. The zero-order chi connectivity index (χ0) is 9.40. The SMILES string of the molecule is C=CCOC(=O)CCC(=O)CC. The largest absolute Gasteiger partial charge is 0.461 e. The monoisotopic (exact) mass is 170 g/mol. The van der Waals surface area contributed by atoms with Crippen molar-refractivity contribution in [2.45, 2.75) is 26.2 Å². The Balaban J connectivity index is 3.43. The average molecular weight is 170 g/mol. The summed E-state index contributed by atoms with van der Waals surface area (Å²) in [5.41, 5.74) is 0. The molecule has 0 aromatic rings. The highest BCUT2D eigenvalue weighted by Gasteiger charge is 2.04. The van der Waals surface area contributed by atoms with Gasteiger partial charge in [0.05, 0.1) is 6.42 Å². The molecular formula is C9H14O3. The van der Waals surface area contributed by atoms with E-state index in [2.05, 4.69) is 11.3 Å². The zero-order valence-electron chi connectivity index (χ0n) is 7.34. The van der Waals surface area contributed by atoms with Gasteiger partial charge in [0.15, 0.2) is 0 Å². The lowest BCUT2D eigenvalue weighted by Gasteiger charge is -1.99. The van der Waals surface area contributed by atoms with Crippen molar-refractivity contribution in [2.24, 2.45) is 0 Å². The fourth-order valence-electron chi connectivity index (χ4n) is 0.642. The van der Waals surface area contributed by atoms with E-state index in [1.54, 1.807) is 6.92 Å². The molecule has 0 saturated carbocycles. The fourth-order valence-corrected chi connectivity index (χ4v) is 0.642. The maximum Gasteiger partial charge on any atom is 0.306 e. The van der Waals surface area contributed by atoms with E-state index >= 15 is 0 Å². The van der Waals surface area contributed by atoms with E-state index in [9.17, 15) is 9.59 Å². The molecule has 0 aliphatic carbocycles. The Bertz CT molecular complexity index is 173. The van der Waals surface area contributed by atoms with Crippen LogP contribution in [0.5, 0.6) is 0 Å². The van der Waals surface area contributed by atoms with E-state index in [-0.39, 0.29) is 31.2 Å². The van der Waals surface area contributed by atoms with Crippen molar-refractivity contribution >= 4 is 11.8 Å². The molecule has 0 aromatic carbocycles. The fraction of sp³-hybridized carbons (Fsp3) is 0.556. The number of hydrogen-bond acceptors (Lipinski definition) is 3. The summed E-state index contributed by atoms with van der Waals surface area (Å²) >= 11 is 0. The van der Waals surface area contributed by atoms with Gasteiger partial charge in [-0.15, -0.1) is 0 Å². The van der Waals surface area contributed by atoms with Gasteiger partial charge in [-0.1, -0.05) is 19.6 Å². The minimum atomic E-state index is -0.336. The number of carbonyl (C=O) groups is 2. The summed E-state index contributed by atoms with van der Waals surface area (Å²) < 4.78 is 4.68. The van der Waals surface area contributed by atoms with Crippen LogP contribution in [0.25, 0.3) is 0 Å². The first kappa shape index (κ1) is 10.9. The van der Waals surface area contributed by atoms with Crippen LogP contribution in [0.2, 0.25) is 0 Å². The highest BCUT2D eigenvalue weighted by Crippen LogP contribution is 1.96. The van der Waals surface area contributed by atoms with Crippen molar-refractivity contribution in [3.8, 4) is 0 Å². The first-order chi connectivity index (χ1) is 5.70. The lowest BCUT2D eigenvalue weighted by Crippen LogP contribution is -2.07. The van der Waals surface area contributed by atoms with Crippen LogP contribution in [0.15, 0.2) is 12.7 Å². The first-order valence-corrected chi connectivity index (χ1v) is 3.99. The number of carbonyl (C=O) groups excluding carboxylic acids is 2. The van der Waals surface area contributed by atoms with Gasteiger partial charge in [0.25, 0.3) is 0 Å². The van der Waals surface area contributed by atoms with Gasteiger partial charge in [0.2, 0.25) is 0 Å². The molecule has 68 valence electrons. The molecule has 12 heavy (non-hydrogen) atoms. The van der Waals surface area contributed by atoms with Gasteiger partial charge in [-0.05, 0) is 0 Å². The minimum Gasteiger partial charge on any atom is -0.461 e. The Morgan fingerprint density at radius 2 is 2.08 bits per heavy atom. The molecular weight excluding hydrogens is 156 g/mol. The number of ketones is 1. The number of hydrogen-bond donors (Lipinski definition) is 0. The molecule has 3 heteroatoms. The van der Waals surface area contributed by atoms with Gasteiger partial charge >= 0.3 is 5.97 Å². The standard InChI is InChI=1S/C9H14O3/c1-3-7-12-9(11)6-5-8(10)4-2/h3H,1,4-7H2,2H3. The van der Waals surface area contributed by atoms with Crippen LogP contribution < -0.4 is 0 Å². The zero-order valence-corrected chi connectivity index (χ0v) is 7.34. The van der Waals surface area contributed by atoms with Crippen LogP contribution in [0.3, 0.4) is 0 Å². The molecule has 0 N–H and O–H groups in total. The molecule has 0 amide bonds. The maximum atomic E-state index is 10.8. The van der Waals surface area contributed by atoms with Gasteiger partial charge in [-0.2, -0.15) is 0 Å². The summed E-state index contributed by atoms with van der Waals surface area (Å²) in [4.78, 5) is 21.6. The summed E-state index contributed by atoms with van der Waals surface area (Å²) in [5.74, 6) is -0.248. The van der Waals surface area contributed by atoms with Gasteiger partial charge in [-0.25, -0.2) is 0 Å². The van der Waals surface area contributed by atoms with Crippen molar-refractivity contribution in [1.82, 2.24) is 0 Å². The topological polar surface area (TPSA) is 43.4 Å². The lowest BCUT2D eigenvalue weighted by atomic mass is 10.2. The first-order valence-electron chi connectivity index (χ1n) is 3.99. The number of ether oxygens (including phenoxy) is 1. The maximum absolute atomic E-state index is 10.8. The van der Waals surface area contributed by atoms with Crippen LogP contribution in [-0.2, 0) is 14.3 Å². The molecule has 0 saturated heterocycles. The minimum absolute atomic E-state index is 0.0885. The molecule has 0 radical (unpaired) electrons. The molecule has 0 unspecified atom stereocenters. The number of rotatable bonds is 6. The smallest absolute Gasteiger partial charge is 0.306 e. The molecule has 0 aromatic heterocycles. The van der Waals surface area contributed by atoms with Crippen molar-refractivity contribution in [3.05, 3.63) is 12.7 Å². The third-order valence-electron chi connectivity index (χ3n) is 1.36. The van der Waals surface area contributed by atoms with E-state index in [4.69, 9.17) is 0 Å². The average Bonchev–Trinajstić information content (AvgIpc) is 2.10. The summed E-state index contributed by atoms with van der Waals surface area (Å²) in [5, 5.41) is 0. The molecule has 0 fully saturated rings. The van der Waals surface area contributed by atoms with Crippen LogP contribution in [-0.4, -0.2) is 18.4 Å². The molecule has 0 aliphatic heterocycles. The van der Waals surface area contributed by atoms with Crippen LogP contribution in [0.1, 0.15) is 26.2 Å². The predicted octanol–water partition coefficient (Wildman–Crippen LogP) is 1.47. The second-order valence-electron chi connectivity index (χ2n) is 2.36. The van der Waals surface area contributed by atoms with Gasteiger partial charge in [0, 0.05) is 12.8 Å². The van der Waals surface area contributed by atoms with Crippen molar-refractivity contribution in [2.75, 3.05) is 6.61 Å². The van der Waals surface area contributed by atoms with Crippen molar-refractivity contribution < 1.29 is 14.3 Å². The van der Waals surface area contributed by atoms with E-state index in [0.29, 0.717) is 6.42 Å². The van der Waals surface area contributed by atoms with Crippen LogP contribution >= 0.6 is 0 Å². The lowest BCUT2D eigenvalue weighted by molar-refractivity contribution is -0.143. The second kappa shape index (κ2) is 6.58. The molecule has 0 aliphatic rings. The van der Waals surface area contributed by atoms with Crippen molar-refractivity contribution in [3.63, 3.8) is 0 Å². The van der Waals surface area contributed by atoms with E-state index in [1.807, 2.05) is 0 Å². The molecule has 0 bridgehead atoms. The van der Waals surface area contributed by atoms with E-state index < -0.39 is 0 Å². The normalized spacial score (nSPS) is 9.08. The Morgan fingerprint density at radius 3 is 2.58 bits per heavy atom. The van der Waals surface area contributed by atoms with Gasteiger partial charge in [0.1, 0.15) is 12.4 Å². The Morgan fingerprint density at radius 1 is 1.42 bits per heavy atom. The highest BCUT2D eigenvalue weighted by molar-refractivity contribution is 5.82. The predicted molar refractivity (Wildman–Crippen MR) is 45.7 cm³/mol. The van der Waals surface area contributed by atoms with Gasteiger partial charge in [-0.3, -0.25) is 9.59 Å². The molecule has 0 rings (SSSR count). The van der Waals surface area contributed by atoms with Crippen LogP contribution in [0, 0.1) is 0 Å². The summed E-state index contributed by atoms with van der Waals surface area (Å²) in [6.07, 6.45) is 2.45. The molecule has 0 atom stereocenters. The highest BCUT2D eigenvalue weighted by atomic mass is 16.5. The summed E-state index contributed by atoms with van der Waals surface area (Å²) in [7, 11) is 0. The Hall–Kier alpha value is -1.12. The quantitative estimate of drug-likeness (QED) is 0.448. The van der Waals surface area contributed by atoms with Gasteiger partial charge < -0.3 is 4.74 Å². The number of Topliss-reactive ketones (excluding diaryl/α,β-unsaturated/α-hetero) is 1. The molecule has 0 spiro atoms.